The number of alkyl halides is 3. The summed E-state index contributed by atoms with van der Waals surface area (Å²) >= 11 is 0. The van der Waals surface area contributed by atoms with Gasteiger partial charge in [0, 0.05) is 37.5 Å². The molecule has 36 heavy (non-hydrogen) atoms. The van der Waals surface area contributed by atoms with E-state index in [0.29, 0.717) is 30.7 Å². The summed E-state index contributed by atoms with van der Waals surface area (Å²) in [6.07, 6.45) is -3.10. The van der Waals surface area contributed by atoms with Crippen molar-refractivity contribution in [3.8, 4) is 0 Å². The molecule has 2 aromatic heterocycles. The zero-order valence-electron chi connectivity index (χ0n) is 19.2. The number of halogens is 4. The molecule has 2 aliphatic heterocycles. The molecule has 2 saturated heterocycles. The van der Waals surface area contributed by atoms with E-state index in [1.165, 1.54) is 20.5 Å². The highest BCUT2D eigenvalue weighted by molar-refractivity contribution is 5.96. The van der Waals surface area contributed by atoms with Crippen molar-refractivity contribution in [1.29, 1.82) is 0 Å². The average Bonchev–Trinajstić information content (AvgIpc) is 3.17. The first-order valence-corrected chi connectivity index (χ1v) is 11.6. The molecule has 5 rings (SSSR count). The van der Waals surface area contributed by atoms with Crippen LogP contribution >= 0.6 is 0 Å². The average molecular weight is 504 g/mol. The summed E-state index contributed by atoms with van der Waals surface area (Å²) in [5.74, 6) is -3.28. The molecule has 1 atom stereocenters. The molecule has 12 heteroatoms. The highest BCUT2D eigenvalue weighted by atomic mass is 19.4. The molecule has 3 aromatic rings. The van der Waals surface area contributed by atoms with E-state index >= 15 is 0 Å². The van der Waals surface area contributed by atoms with Crippen molar-refractivity contribution in [3.05, 3.63) is 53.6 Å². The van der Waals surface area contributed by atoms with E-state index < -0.39 is 29.7 Å². The van der Waals surface area contributed by atoms with Gasteiger partial charge in [0.2, 0.25) is 5.91 Å². The van der Waals surface area contributed by atoms with Crippen molar-refractivity contribution >= 4 is 28.5 Å². The second-order valence-electron chi connectivity index (χ2n) is 9.28. The minimum Gasteiger partial charge on any atom is -0.384 e. The van der Waals surface area contributed by atoms with Gasteiger partial charge >= 0.3 is 6.18 Å². The van der Waals surface area contributed by atoms with Gasteiger partial charge in [-0.2, -0.15) is 18.3 Å². The van der Waals surface area contributed by atoms with Gasteiger partial charge in [0.25, 0.3) is 5.91 Å². The number of nitrogens with two attached hydrogens (primary N) is 1. The smallest absolute Gasteiger partial charge is 0.384 e. The number of fused-ring (bicyclic) bond motifs is 1. The molecule has 0 spiro atoms. The SMILES string of the molecule is Nc1cc(C(=O)N2CC(c3nn(CC(=O)N4CCCC(C(F)(F)F)C4)c4ccccc34)C2)c(F)cn1. The number of benzene rings is 1. The summed E-state index contributed by atoms with van der Waals surface area (Å²) in [7, 11) is 0. The maximum absolute atomic E-state index is 14.1. The van der Waals surface area contributed by atoms with Crippen LogP contribution in [-0.2, 0) is 11.3 Å². The first kappa shape index (κ1) is 24.0. The van der Waals surface area contributed by atoms with Crippen molar-refractivity contribution < 1.29 is 27.2 Å². The molecule has 1 aromatic carbocycles. The Morgan fingerprint density at radius 3 is 2.61 bits per heavy atom. The van der Waals surface area contributed by atoms with E-state index in [0.717, 1.165) is 11.6 Å². The number of nitrogen functional groups attached to an aromatic ring is 1. The number of amides is 2. The normalized spacial score (nSPS) is 18.9. The topological polar surface area (TPSA) is 97.3 Å². The Kier molecular flexibility index (Phi) is 6.05. The molecule has 4 heterocycles. The quantitative estimate of drug-likeness (QED) is 0.551. The van der Waals surface area contributed by atoms with Crippen molar-refractivity contribution in [1.82, 2.24) is 24.6 Å². The number of hydrogen-bond acceptors (Lipinski definition) is 5. The van der Waals surface area contributed by atoms with Crippen molar-refractivity contribution in [2.75, 3.05) is 31.9 Å². The lowest BCUT2D eigenvalue weighted by Gasteiger charge is -2.38. The summed E-state index contributed by atoms with van der Waals surface area (Å²) in [6, 6.07) is 8.47. The fourth-order valence-corrected chi connectivity index (χ4v) is 4.88. The largest absolute Gasteiger partial charge is 0.393 e. The van der Waals surface area contributed by atoms with Gasteiger partial charge in [-0.1, -0.05) is 18.2 Å². The predicted molar refractivity (Wildman–Crippen MR) is 122 cm³/mol. The molecular formula is C24H24F4N6O2. The monoisotopic (exact) mass is 504 g/mol. The van der Waals surface area contributed by atoms with Gasteiger partial charge < -0.3 is 15.5 Å². The molecule has 0 saturated carbocycles. The van der Waals surface area contributed by atoms with Crippen LogP contribution in [0.15, 0.2) is 36.5 Å². The summed E-state index contributed by atoms with van der Waals surface area (Å²) < 4.78 is 55.1. The fourth-order valence-electron chi connectivity index (χ4n) is 4.88. The second-order valence-corrected chi connectivity index (χ2v) is 9.28. The standard InChI is InChI=1S/C24H24F4N6O2/c25-18-9-30-20(29)8-17(18)23(36)33-10-14(11-33)22-16-5-1-2-6-19(16)34(31-22)13-21(35)32-7-3-4-15(12-32)24(26,27)28/h1-2,5-6,8-9,14-15H,3-4,7,10-13H2,(H2,29,30). The van der Waals surface area contributed by atoms with Gasteiger partial charge in [-0.3, -0.25) is 14.3 Å². The zero-order chi connectivity index (χ0) is 25.6. The Hall–Kier alpha value is -3.70. The van der Waals surface area contributed by atoms with Crippen molar-refractivity contribution in [3.63, 3.8) is 0 Å². The van der Waals surface area contributed by atoms with E-state index in [2.05, 4.69) is 10.1 Å². The van der Waals surface area contributed by atoms with Crippen molar-refractivity contribution in [2.24, 2.45) is 5.92 Å². The third-order valence-electron chi connectivity index (χ3n) is 6.87. The number of likely N-dealkylation sites (tertiary alicyclic amines) is 2. The predicted octanol–water partition coefficient (Wildman–Crippen LogP) is 3.19. The molecule has 0 radical (unpaired) electrons. The first-order valence-electron chi connectivity index (χ1n) is 11.6. The highest BCUT2D eigenvalue weighted by Gasteiger charge is 2.43. The van der Waals surface area contributed by atoms with Crippen LogP contribution in [0.3, 0.4) is 0 Å². The van der Waals surface area contributed by atoms with Crippen molar-refractivity contribution in [2.45, 2.75) is 31.5 Å². The summed E-state index contributed by atoms with van der Waals surface area (Å²) in [5.41, 5.74) is 6.80. The Morgan fingerprint density at radius 1 is 1.11 bits per heavy atom. The summed E-state index contributed by atoms with van der Waals surface area (Å²) in [6.45, 7) is 0.364. The number of aromatic nitrogens is 3. The molecule has 0 bridgehead atoms. The number of piperidine rings is 1. The maximum atomic E-state index is 14.1. The molecule has 2 N–H and O–H groups in total. The van der Waals surface area contributed by atoms with Gasteiger partial charge in [-0.15, -0.1) is 0 Å². The molecule has 190 valence electrons. The van der Waals surface area contributed by atoms with E-state index in [1.807, 2.05) is 12.1 Å². The van der Waals surface area contributed by atoms with Gasteiger partial charge in [-0.25, -0.2) is 9.37 Å². The van der Waals surface area contributed by atoms with Crippen LogP contribution in [0, 0.1) is 11.7 Å². The number of rotatable bonds is 4. The number of hydrogen-bond donors (Lipinski definition) is 1. The Morgan fingerprint density at radius 2 is 1.86 bits per heavy atom. The molecule has 0 aliphatic carbocycles. The van der Waals surface area contributed by atoms with Gasteiger partial charge in [0.05, 0.1) is 28.9 Å². The van der Waals surface area contributed by atoms with E-state index in [1.54, 1.807) is 12.1 Å². The molecule has 8 nitrogen and oxygen atoms in total. The van der Waals surface area contributed by atoms with E-state index in [4.69, 9.17) is 5.73 Å². The van der Waals surface area contributed by atoms with Gasteiger partial charge in [-0.05, 0) is 25.0 Å². The lowest BCUT2D eigenvalue weighted by molar-refractivity contribution is -0.188. The third-order valence-corrected chi connectivity index (χ3v) is 6.87. The van der Waals surface area contributed by atoms with Crippen LogP contribution in [-0.4, -0.2) is 68.7 Å². The Bertz CT molecular complexity index is 1320. The van der Waals surface area contributed by atoms with Crippen LogP contribution < -0.4 is 5.73 Å². The molecule has 2 amide bonds. The number of carbonyl (C=O) groups excluding carboxylic acids is 2. The third kappa shape index (κ3) is 4.47. The van der Waals surface area contributed by atoms with Crippen LogP contribution in [0.4, 0.5) is 23.4 Å². The first-order chi connectivity index (χ1) is 17.1. The zero-order valence-corrected chi connectivity index (χ0v) is 19.2. The summed E-state index contributed by atoms with van der Waals surface area (Å²) in [5, 5.41) is 5.42. The van der Waals surface area contributed by atoms with Gasteiger partial charge in [0.15, 0.2) is 5.82 Å². The second kappa shape index (κ2) is 9.07. The highest BCUT2D eigenvalue weighted by Crippen LogP contribution is 2.35. The van der Waals surface area contributed by atoms with E-state index in [9.17, 15) is 27.2 Å². The van der Waals surface area contributed by atoms with Crippen LogP contribution in [0.2, 0.25) is 0 Å². The van der Waals surface area contributed by atoms with Crippen LogP contribution in [0.25, 0.3) is 10.9 Å². The Balaban J connectivity index is 1.31. The van der Waals surface area contributed by atoms with Crippen LogP contribution in [0.5, 0.6) is 0 Å². The fraction of sp³-hybridized carbons (Fsp3) is 0.417. The number of pyridine rings is 1. The minimum absolute atomic E-state index is 0.0228. The molecule has 1 unspecified atom stereocenters. The van der Waals surface area contributed by atoms with Gasteiger partial charge in [0.1, 0.15) is 12.4 Å². The number of para-hydroxylation sites is 1. The van der Waals surface area contributed by atoms with E-state index in [-0.39, 0.29) is 43.4 Å². The number of nitrogens with zero attached hydrogens (tertiary/aromatic N) is 5. The molecule has 2 fully saturated rings. The molecular weight excluding hydrogens is 480 g/mol. The minimum atomic E-state index is -4.33. The molecule has 2 aliphatic rings. The lowest BCUT2D eigenvalue weighted by Crippen LogP contribution is -2.49. The lowest BCUT2D eigenvalue weighted by atomic mass is 9.93. The number of carbonyl (C=O) groups is 2. The number of anilines is 1. The summed E-state index contributed by atoms with van der Waals surface area (Å²) in [4.78, 5) is 32.0. The van der Waals surface area contributed by atoms with Crippen LogP contribution in [0.1, 0.15) is 34.8 Å². The maximum Gasteiger partial charge on any atom is 0.393 e. The Labute approximate surface area is 203 Å².